The Hall–Kier alpha value is -1.10. The van der Waals surface area contributed by atoms with Crippen molar-refractivity contribution in [1.82, 2.24) is 5.32 Å². The molecule has 0 spiro atoms. The molecule has 1 atom stereocenters. The van der Waals surface area contributed by atoms with Crippen LogP contribution in [0.4, 0.5) is 0 Å². The summed E-state index contributed by atoms with van der Waals surface area (Å²) >= 11 is 0. The van der Waals surface area contributed by atoms with E-state index < -0.39 is 17.9 Å². The van der Waals surface area contributed by atoms with Gasteiger partial charge in [0.2, 0.25) is 5.91 Å². The van der Waals surface area contributed by atoms with Gasteiger partial charge in [0, 0.05) is 6.42 Å². The topological polar surface area (TPSA) is 92.4 Å². The molecule has 1 amide bonds. The zero-order chi connectivity index (χ0) is 8.85. The number of carbonyl (C=O) groups is 2. The Bertz CT molecular complexity index is 158. The molecule has 0 saturated heterocycles. The van der Waals surface area contributed by atoms with Crippen molar-refractivity contribution in [3.63, 3.8) is 0 Å². The highest BCUT2D eigenvalue weighted by Gasteiger charge is 2.13. The normalized spacial score (nSPS) is 12.5. The molecule has 0 fully saturated rings. The van der Waals surface area contributed by atoms with Crippen LogP contribution in [-0.4, -0.2) is 30.1 Å². The number of carboxylic acids is 1. The zero-order valence-corrected chi connectivity index (χ0v) is 6.33. The summed E-state index contributed by atoms with van der Waals surface area (Å²) in [6.45, 7) is 0. The van der Waals surface area contributed by atoms with E-state index in [1.54, 1.807) is 7.05 Å². The van der Waals surface area contributed by atoms with Gasteiger partial charge >= 0.3 is 5.97 Å². The third-order valence-electron chi connectivity index (χ3n) is 1.34. The van der Waals surface area contributed by atoms with E-state index in [1.807, 2.05) is 0 Å². The molecular formula is C6H12N2O3. The summed E-state index contributed by atoms with van der Waals surface area (Å²) < 4.78 is 0. The summed E-state index contributed by atoms with van der Waals surface area (Å²) in [5, 5.41) is 10.9. The first kappa shape index (κ1) is 9.90. The van der Waals surface area contributed by atoms with Gasteiger partial charge in [-0.25, -0.2) is 0 Å². The SMILES string of the molecule is CN[C@@H](CCC(=O)O)C(N)=O. The van der Waals surface area contributed by atoms with Gasteiger partial charge in [-0.1, -0.05) is 0 Å². The second-order valence-corrected chi connectivity index (χ2v) is 2.18. The number of nitrogens with one attached hydrogen (secondary N) is 1. The van der Waals surface area contributed by atoms with E-state index in [-0.39, 0.29) is 12.8 Å². The summed E-state index contributed by atoms with van der Waals surface area (Å²) in [5.74, 6) is -1.44. The van der Waals surface area contributed by atoms with Crippen LogP contribution in [0.5, 0.6) is 0 Å². The number of hydrogen-bond donors (Lipinski definition) is 3. The van der Waals surface area contributed by atoms with Crippen LogP contribution < -0.4 is 11.1 Å². The Morgan fingerprint density at radius 1 is 1.64 bits per heavy atom. The standard InChI is InChI=1S/C6H12N2O3/c1-8-4(6(7)11)2-3-5(9)10/h4,8H,2-3H2,1H3,(H2,7,11)(H,9,10)/t4-/m0/s1. The fourth-order valence-electron chi connectivity index (χ4n) is 0.697. The molecule has 11 heavy (non-hydrogen) atoms. The van der Waals surface area contributed by atoms with Crippen LogP contribution in [-0.2, 0) is 9.59 Å². The van der Waals surface area contributed by atoms with Gasteiger partial charge in [0.1, 0.15) is 0 Å². The molecule has 0 bridgehead atoms. The second kappa shape index (κ2) is 4.68. The molecular weight excluding hydrogens is 148 g/mol. The lowest BCUT2D eigenvalue weighted by Gasteiger charge is -2.09. The number of amides is 1. The van der Waals surface area contributed by atoms with Crippen LogP contribution in [0, 0.1) is 0 Å². The molecule has 0 aliphatic heterocycles. The number of hydrogen-bond acceptors (Lipinski definition) is 3. The molecule has 0 unspecified atom stereocenters. The van der Waals surface area contributed by atoms with Crippen LogP contribution in [0.25, 0.3) is 0 Å². The maximum Gasteiger partial charge on any atom is 0.303 e. The minimum absolute atomic E-state index is 0.0472. The van der Waals surface area contributed by atoms with E-state index in [4.69, 9.17) is 10.8 Å². The van der Waals surface area contributed by atoms with Crippen molar-refractivity contribution in [3.8, 4) is 0 Å². The van der Waals surface area contributed by atoms with Crippen LogP contribution >= 0.6 is 0 Å². The molecule has 0 aromatic heterocycles. The fourth-order valence-corrected chi connectivity index (χ4v) is 0.697. The molecule has 0 heterocycles. The molecule has 5 nitrogen and oxygen atoms in total. The first-order valence-electron chi connectivity index (χ1n) is 3.26. The largest absolute Gasteiger partial charge is 0.481 e. The molecule has 0 radical (unpaired) electrons. The van der Waals surface area contributed by atoms with Gasteiger partial charge < -0.3 is 16.2 Å². The Morgan fingerprint density at radius 3 is 2.45 bits per heavy atom. The molecule has 0 aliphatic rings. The summed E-state index contributed by atoms with van der Waals surface area (Å²) in [6.07, 6.45) is 0.190. The fraction of sp³-hybridized carbons (Fsp3) is 0.667. The highest BCUT2D eigenvalue weighted by atomic mass is 16.4. The van der Waals surface area contributed by atoms with Gasteiger partial charge in [-0.3, -0.25) is 9.59 Å². The van der Waals surface area contributed by atoms with Crippen LogP contribution in [0.1, 0.15) is 12.8 Å². The molecule has 0 aliphatic carbocycles. The first-order valence-corrected chi connectivity index (χ1v) is 3.26. The molecule has 5 heteroatoms. The summed E-state index contributed by atoms with van der Waals surface area (Å²) in [7, 11) is 1.57. The maximum absolute atomic E-state index is 10.5. The summed E-state index contributed by atoms with van der Waals surface area (Å²) in [5.41, 5.74) is 4.94. The lowest BCUT2D eigenvalue weighted by atomic mass is 10.1. The lowest BCUT2D eigenvalue weighted by Crippen LogP contribution is -2.39. The Labute approximate surface area is 64.6 Å². The summed E-state index contributed by atoms with van der Waals surface area (Å²) in [6, 6.07) is -0.536. The highest BCUT2D eigenvalue weighted by Crippen LogP contribution is 1.95. The predicted molar refractivity (Wildman–Crippen MR) is 38.9 cm³/mol. The second-order valence-electron chi connectivity index (χ2n) is 2.18. The van der Waals surface area contributed by atoms with E-state index in [0.717, 1.165) is 0 Å². The molecule has 0 aromatic carbocycles. The average Bonchev–Trinajstić information content (AvgIpc) is 1.87. The highest BCUT2D eigenvalue weighted by molar-refractivity contribution is 5.80. The van der Waals surface area contributed by atoms with Crippen LogP contribution in [0.15, 0.2) is 0 Å². The van der Waals surface area contributed by atoms with Crippen molar-refractivity contribution in [2.24, 2.45) is 5.73 Å². The molecule has 0 aromatic rings. The summed E-state index contributed by atoms with van der Waals surface area (Å²) in [4.78, 5) is 20.6. The Balaban J connectivity index is 3.70. The van der Waals surface area contributed by atoms with Gasteiger partial charge in [0.05, 0.1) is 6.04 Å². The van der Waals surface area contributed by atoms with Gasteiger partial charge in [0.15, 0.2) is 0 Å². The third kappa shape index (κ3) is 4.32. The van der Waals surface area contributed by atoms with E-state index in [9.17, 15) is 9.59 Å². The van der Waals surface area contributed by atoms with E-state index >= 15 is 0 Å². The number of carboxylic acid groups (broad SMARTS) is 1. The number of rotatable bonds is 5. The lowest BCUT2D eigenvalue weighted by molar-refractivity contribution is -0.137. The van der Waals surface area contributed by atoms with Crippen LogP contribution in [0.3, 0.4) is 0 Å². The monoisotopic (exact) mass is 160 g/mol. The van der Waals surface area contributed by atoms with E-state index in [0.29, 0.717) is 0 Å². The molecule has 4 N–H and O–H groups in total. The van der Waals surface area contributed by atoms with Crippen molar-refractivity contribution in [3.05, 3.63) is 0 Å². The van der Waals surface area contributed by atoms with Gasteiger partial charge in [-0.05, 0) is 13.5 Å². The van der Waals surface area contributed by atoms with Gasteiger partial charge in [-0.15, -0.1) is 0 Å². The number of nitrogens with two attached hydrogens (primary N) is 1. The minimum Gasteiger partial charge on any atom is -0.481 e. The molecule has 0 saturated carbocycles. The number of aliphatic carboxylic acids is 1. The smallest absolute Gasteiger partial charge is 0.303 e. The number of primary amides is 1. The number of carbonyl (C=O) groups excluding carboxylic acids is 1. The van der Waals surface area contributed by atoms with Crippen molar-refractivity contribution in [2.45, 2.75) is 18.9 Å². The first-order chi connectivity index (χ1) is 5.07. The van der Waals surface area contributed by atoms with E-state index in [1.165, 1.54) is 0 Å². The number of likely N-dealkylation sites (N-methyl/N-ethyl adjacent to an activating group) is 1. The Morgan fingerprint density at radius 2 is 2.18 bits per heavy atom. The van der Waals surface area contributed by atoms with Gasteiger partial charge in [0.25, 0.3) is 0 Å². The molecule has 64 valence electrons. The van der Waals surface area contributed by atoms with Crippen molar-refractivity contribution >= 4 is 11.9 Å². The predicted octanol–water partition coefficient (Wildman–Crippen LogP) is -1.08. The van der Waals surface area contributed by atoms with Crippen molar-refractivity contribution < 1.29 is 14.7 Å². The van der Waals surface area contributed by atoms with Crippen LogP contribution in [0.2, 0.25) is 0 Å². The maximum atomic E-state index is 10.5. The Kier molecular flexibility index (Phi) is 4.21. The van der Waals surface area contributed by atoms with E-state index in [2.05, 4.69) is 5.32 Å². The zero-order valence-electron chi connectivity index (χ0n) is 6.33. The minimum atomic E-state index is -0.925. The quantitative estimate of drug-likeness (QED) is 0.477. The molecule has 0 rings (SSSR count). The van der Waals surface area contributed by atoms with Crippen molar-refractivity contribution in [2.75, 3.05) is 7.05 Å². The van der Waals surface area contributed by atoms with Crippen molar-refractivity contribution in [1.29, 1.82) is 0 Å². The van der Waals surface area contributed by atoms with Gasteiger partial charge in [-0.2, -0.15) is 0 Å². The third-order valence-corrected chi connectivity index (χ3v) is 1.34. The average molecular weight is 160 g/mol.